The Bertz CT molecular complexity index is 808. The summed E-state index contributed by atoms with van der Waals surface area (Å²) in [6.07, 6.45) is 3.38. The first kappa shape index (κ1) is 22.4. The highest BCUT2D eigenvalue weighted by molar-refractivity contribution is 7.89. The first-order valence-corrected chi connectivity index (χ1v) is 11.9. The number of nitrogens with one attached hydrogen (secondary N) is 1. The molecule has 1 saturated heterocycles. The Morgan fingerprint density at radius 2 is 1.86 bits per heavy atom. The third-order valence-corrected chi connectivity index (χ3v) is 8.06. The van der Waals surface area contributed by atoms with Crippen LogP contribution in [-0.2, 0) is 10.0 Å². The van der Waals surface area contributed by atoms with E-state index in [1.54, 1.807) is 4.90 Å². The number of rotatable bonds is 7. The molecule has 0 radical (unpaired) electrons. The summed E-state index contributed by atoms with van der Waals surface area (Å²) in [6, 6.07) is 3.88. The predicted molar refractivity (Wildman–Crippen MR) is 108 cm³/mol. The van der Waals surface area contributed by atoms with Crippen LogP contribution < -0.4 is 9.62 Å². The summed E-state index contributed by atoms with van der Waals surface area (Å²) < 4.78 is 68.4. The van der Waals surface area contributed by atoms with E-state index in [1.807, 2.05) is 13.8 Å². The fourth-order valence-corrected chi connectivity index (χ4v) is 6.20. The molecule has 1 aliphatic heterocycles. The van der Waals surface area contributed by atoms with Crippen LogP contribution in [0.5, 0.6) is 0 Å². The van der Waals surface area contributed by atoms with Gasteiger partial charge in [-0.2, -0.15) is 0 Å². The summed E-state index contributed by atoms with van der Waals surface area (Å²) in [5.41, 5.74) is -0.335. The van der Waals surface area contributed by atoms with Gasteiger partial charge in [0.05, 0.1) is 10.6 Å². The van der Waals surface area contributed by atoms with E-state index in [4.69, 9.17) is 0 Å². The number of alkyl halides is 2. The zero-order valence-corrected chi connectivity index (χ0v) is 18.0. The highest BCUT2D eigenvalue weighted by atomic mass is 32.2. The van der Waals surface area contributed by atoms with Gasteiger partial charge in [0.25, 0.3) is 0 Å². The number of benzene rings is 1. The number of sulfonamides is 1. The molecule has 2 fully saturated rings. The summed E-state index contributed by atoms with van der Waals surface area (Å²) in [5, 5.41) is 0. The summed E-state index contributed by atoms with van der Waals surface area (Å²) in [7, 11) is -3.86. The zero-order valence-electron chi connectivity index (χ0n) is 17.1. The van der Waals surface area contributed by atoms with Gasteiger partial charge in [0, 0.05) is 25.0 Å². The van der Waals surface area contributed by atoms with Crippen LogP contribution in [0.2, 0.25) is 0 Å². The van der Waals surface area contributed by atoms with Crippen LogP contribution >= 0.6 is 0 Å². The van der Waals surface area contributed by atoms with E-state index < -0.39 is 27.8 Å². The van der Waals surface area contributed by atoms with Crippen molar-refractivity contribution in [3.05, 3.63) is 24.0 Å². The highest BCUT2D eigenvalue weighted by Gasteiger charge is 2.35. The zero-order chi connectivity index (χ0) is 21.2. The van der Waals surface area contributed by atoms with Crippen molar-refractivity contribution < 1.29 is 21.6 Å². The maximum Gasteiger partial charge on any atom is 0.241 e. The molecule has 1 aromatic carbocycles. The third-order valence-electron chi connectivity index (χ3n) is 6.39. The quantitative estimate of drug-likeness (QED) is 0.664. The Hall–Kier alpha value is -1.28. The van der Waals surface area contributed by atoms with Crippen molar-refractivity contribution in [2.45, 2.75) is 75.7 Å². The van der Waals surface area contributed by atoms with E-state index in [-0.39, 0.29) is 28.8 Å². The number of nitrogens with zero attached hydrogens (tertiary/aromatic N) is 1. The second-order valence-corrected chi connectivity index (χ2v) is 10.7. The molecule has 29 heavy (non-hydrogen) atoms. The molecule has 2 aliphatic rings. The molecular formula is C21H31F3N2O2S. The molecule has 1 heterocycles. The van der Waals surface area contributed by atoms with Crippen molar-refractivity contribution in [1.82, 2.24) is 4.72 Å². The second-order valence-electron chi connectivity index (χ2n) is 9.00. The van der Waals surface area contributed by atoms with Crippen LogP contribution in [0.4, 0.5) is 18.9 Å². The minimum absolute atomic E-state index is 0.106. The van der Waals surface area contributed by atoms with E-state index in [0.29, 0.717) is 19.5 Å². The van der Waals surface area contributed by atoms with Gasteiger partial charge in [-0.15, -0.1) is 0 Å². The molecule has 1 N–H and O–H groups in total. The van der Waals surface area contributed by atoms with E-state index >= 15 is 0 Å². The van der Waals surface area contributed by atoms with Gasteiger partial charge in [0.2, 0.25) is 16.4 Å². The summed E-state index contributed by atoms with van der Waals surface area (Å²) in [6.45, 7) is 4.63. The number of halogens is 3. The molecule has 0 spiro atoms. The van der Waals surface area contributed by atoms with E-state index in [1.165, 1.54) is 18.6 Å². The Kier molecular flexibility index (Phi) is 6.83. The smallest absolute Gasteiger partial charge is 0.241 e. The Labute approximate surface area is 171 Å². The fraction of sp³-hybridized carbons (Fsp3) is 0.714. The van der Waals surface area contributed by atoms with E-state index in [2.05, 4.69) is 4.72 Å². The number of hydrogen-bond donors (Lipinski definition) is 1. The van der Waals surface area contributed by atoms with Crippen molar-refractivity contribution in [3.8, 4) is 0 Å². The number of anilines is 1. The summed E-state index contributed by atoms with van der Waals surface area (Å²) in [4.78, 5) is 1.61. The van der Waals surface area contributed by atoms with Crippen molar-refractivity contribution in [3.63, 3.8) is 0 Å². The first-order chi connectivity index (χ1) is 13.6. The van der Waals surface area contributed by atoms with Gasteiger partial charge < -0.3 is 4.90 Å². The lowest BCUT2D eigenvalue weighted by molar-refractivity contribution is 0.118. The minimum Gasteiger partial charge on any atom is -0.369 e. The molecule has 0 aromatic heterocycles. The predicted octanol–water partition coefficient (Wildman–Crippen LogP) is 4.94. The van der Waals surface area contributed by atoms with Crippen LogP contribution in [-0.4, -0.2) is 33.5 Å². The average molecular weight is 433 g/mol. The molecule has 8 heteroatoms. The Balaban J connectivity index is 1.72. The largest absolute Gasteiger partial charge is 0.369 e. The van der Waals surface area contributed by atoms with Crippen LogP contribution in [0.3, 0.4) is 0 Å². The Morgan fingerprint density at radius 1 is 1.17 bits per heavy atom. The van der Waals surface area contributed by atoms with Crippen LogP contribution in [0.15, 0.2) is 23.1 Å². The lowest BCUT2D eigenvalue weighted by Crippen LogP contribution is -2.49. The molecule has 0 amide bonds. The SMILES string of the molecule is CC(C)(NS(=O)(=O)c1ccc(N2CCC(CC(F)F)C2)c(F)c1)C1CCCCC1. The summed E-state index contributed by atoms with van der Waals surface area (Å²) >= 11 is 0. The fourth-order valence-electron chi connectivity index (χ4n) is 4.72. The molecule has 1 aromatic rings. The second kappa shape index (κ2) is 8.84. The standard InChI is InChI=1S/C21H31F3N2O2S/c1-21(2,16-6-4-3-5-7-16)25-29(27,28)17-8-9-19(18(22)13-17)26-11-10-15(14-26)12-20(23)24/h8-9,13,15-16,20,25H,3-7,10-12,14H2,1-2H3. The normalized spacial score (nSPS) is 21.9. The van der Waals surface area contributed by atoms with Crippen LogP contribution in [0.1, 0.15) is 58.8 Å². The topological polar surface area (TPSA) is 49.4 Å². The molecule has 164 valence electrons. The van der Waals surface area contributed by atoms with Crippen LogP contribution in [0.25, 0.3) is 0 Å². The van der Waals surface area contributed by atoms with Crippen molar-refractivity contribution in [1.29, 1.82) is 0 Å². The molecule has 0 bridgehead atoms. The summed E-state index contributed by atoms with van der Waals surface area (Å²) in [5.74, 6) is -0.552. The Morgan fingerprint density at radius 3 is 2.48 bits per heavy atom. The molecule has 1 atom stereocenters. The molecular weight excluding hydrogens is 401 g/mol. The van der Waals surface area contributed by atoms with Crippen molar-refractivity contribution >= 4 is 15.7 Å². The maximum absolute atomic E-state index is 14.7. The molecule has 3 rings (SSSR count). The minimum atomic E-state index is -3.86. The van der Waals surface area contributed by atoms with E-state index in [9.17, 15) is 21.6 Å². The van der Waals surface area contributed by atoms with Gasteiger partial charge in [-0.1, -0.05) is 19.3 Å². The maximum atomic E-state index is 14.7. The third kappa shape index (κ3) is 5.45. The molecule has 1 unspecified atom stereocenters. The van der Waals surface area contributed by atoms with Gasteiger partial charge in [-0.25, -0.2) is 26.3 Å². The van der Waals surface area contributed by atoms with Crippen molar-refractivity contribution in [2.24, 2.45) is 11.8 Å². The molecule has 1 saturated carbocycles. The van der Waals surface area contributed by atoms with Gasteiger partial charge in [-0.05, 0) is 63.1 Å². The lowest BCUT2D eigenvalue weighted by Gasteiger charge is -2.37. The molecule has 4 nitrogen and oxygen atoms in total. The molecule has 1 aliphatic carbocycles. The van der Waals surface area contributed by atoms with Gasteiger partial charge in [-0.3, -0.25) is 0 Å². The van der Waals surface area contributed by atoms with Crippen LogP contribution in [0, 0.1) is 17.7 Å². The van der Waals surface area contributed by atoms with E-state index in [0.717, 1.165) is 31.7 Å². The van der Waals surface area contributed by atoms with Crippen molar-refractivity contribution in [2.75, 3.05) is 18.0 Å². The highest BCUT2D eigenvalue weighted by Crippen LogP contribution is 2.34. The van der Waals surface area contributed by atoms with Gasteiger partial charge in [0.1, 0.15) is 5.82 Å². The lowest BCUT2D eigenvalue weighted by atomic mass is 9.77. The number of hydrogen-bond acceptors (Lipinski definition) is 3. The van der Waals surface area contributed by atoms with Gasteiger partial charge >= 0.3 is 0 Å². The van der Waals surface area contributed by atoms with Gasteiger partial charge in [0.15, 0.2) is 0 Å². The first-order valence-electron chi connectivity index (χ1n) is 10.4. The average Bonchev–Trinajstić information content (AvgIpc) is 3.09. The monoisotopic (exact) mass is 432 g/mol.